The van der Waals surface area contributed by atoms with Crippen LogP contribution in [-0.4, -0.2) is 33.1 Å². The predicted molar refractivity (Wildman–Crippen MR) is 57.8 cm³/mol. The normalized spacial score (nSPS) is 12.6. The Morgan fingerprint density at radius 3 is 3.00 bits per heavy atom. The van der Waals surface area contributed by atoms with Gasteiger partial charge in [0.15, 0.2) is 6.04 Å². The maximum absolute atomic E-state index is 10.9. The number of rotatable bonds is 4. The number of aromatic nitrogens is 3. The molecule has 84 valence electrons. The molecule has 2 rings (SSSR count). The monoisotopic (exact) mass is 220 g/mol. The Morgan fingerprint density at radius 2 is 2.44 bits per heavy atom. The summed E-state index contributed by atoms with van der Waals surface area (Å²) >= 11 is 0. The maximum Gasteiger partial charge on any atom is 0.328 e. The number of aliphatic carboxylic acids is 1. The van der Waals surface area contributed by atoms with Gasteiger partial charge in [0, 0.05) is 18.0 Å². The van der Waals surface area contributed by atoms with Gasteiger partial charge in [-0.3, -0.25) is 4.79 Å². The number of carbonyl (C=O) groups is 1. The quantitative estimate of drug-likeness (QED) is 0.611. The molecule has 0 saturated carbocycles. The Labute approximate surface area is 91.7 Å². The van der Waals surface area contributed by atoms with Crippen LogP contribution in [0.15, 0.2) is 24.7 Å². The molecule has 0 aliphatic rings. The van der Waals surface area contributed by atoms with Crippen molar-refractivity contribution in [1.29, 1.82) is 0 Å². The van der Waals surface area contributed by atoms with E-state index in [0.717, 1.165) is 11.3 Å². The van der Waals surface area contributed by atoms with Crippen LogP contribution in [0.25, 0.3) is 11.3 Å². The molecule has 0 amide bonds. The molecule has 0 aliphatic heterocycles. The number of nitrogens with one attached hydrogen (secondary N) is 3. The summed E-state index contributed by atoms with van der Waals surface area (Å²) in [6, 6.07) is 1.07. The number of aromatic amines is 2. The van der Waals surface area contributed by atoms with E-state index in [9.17, 15) is 4.79 Å². The lowest BCUT2D eigenvalue weighted by molar-refractivity contribution is -0.139. The van der Waals surface area contributed by atoms with Crippen LogP contribution in [0.1, 0.15) is 11.9 Å². The third-order valence-corrected chi connectivity index (χ3v) is 2.31. The second-order valence-corrected chi connectivity index (χ2v) is 3.34. The average Bonchev–Trinajstić information content (AvgIpc) is 2.86. The molecular formula is C10H12N4O2. The molecule has 0 spiro atoms. The van der Waals surface area contributed by atoms with Crippen molar-refractivity contribution < 1.29 is 9.90 Å². The average molecular weight is 220 g/mol. The Bertz CT molecular complexity index is 475. The lowest BCUT2D eigenvalue weighted by Gasteiger charge is -2.06. The van der Waals surface area contributed by atoms with Crippen molar-refractivity contribution in [1.82, 2.24) is 20.3 Å². The van der Waals surface area contributed by atoms with Crippen molar-refractivity contribution in [3.8, 4) is 11.3 Å². The first-order valence-electron chi connectivity index (χ1n) is 4.80. The molecule has 6 heteroatoms. The van der Waals surface area contributed by atoms with Gasteiger partial charge in [0.25, 0.3) is 0 Å². The largest absolute Gasteiger partial charge is 0.480 e. The van der Waals surface area contributed by atoms with Gasteiger partial charge in [-0.25, -0.2) is 4.98 Å². The van der Waals surface area contributed by atoms with E-state index in [2.05, 4.69) is 20.3 Å². The molecule has 0 radical (unpaired) electrons. The molecule has 2 aromatic rings. The fourth-order valence-corrected chi connectivity index (χ4v) is 1.50. The summed E-state index contributed by atoms with van der Waals surface area (Å²) in [5.41, 5.74) is 1.73. The Hall–Kier alpha value is -2.08. The minimum absolute atomic E-state index is 0.395. The molecule has 2 aromatic heterocycles. The number of likely N-dealkylation sites (N-methyl/N-ethyl adjacent to an activating group) is 1. The van der Waals surface area contributed by atoms with Crippen molar-refractivity contribution in [3.05, 3.63) is 30.5 Å². The van der Waals surface area contributed by atoms with E-state index < -0.39 is 12.0 Å². The summed E-state index contributed by atoms with van der Waals surface area (Å²) in [7, 11) is 1.58. The molecule has 0 aromatic carbocycles. The van der Waals surface area contributed by atoms with Crippen molar-refractivity contribution in [2.45, 2.75) is 6.04 Å². The molecular weight excluding hydrogens is 208 g/mol. The minimum atomic E-state index is -0.961. The van der Waals surface area contributed by atoms with Gasteiger partial charge >= 0.3 is 5.97 Å². The Kier molecular flexibility index (Phi) is 2.74. The molecule has 0 saturated heterocycles. The van der Waals surface area contributed by atoms with E-state index >= 15 is 0 Å². The molecule has 0 fully saturated rings. The van der Waals surface area contributed by atoms with Gasteiger partial charge in [-0.05, 0) is 13.1 Å². The van der Waals surface area contributed by atoms with Crippen molar-refractivity contribution in [2.24, 2.45) is 0 Å². The second-order valence-electron chi connectivity index (χ2n) is 3.34. The SMILES string of the molecule is CNC(C(=O)O)c1ncc(-c2cc[nH]c2)[nH]1. The van der Waals surface area contributed by atoms with Gasteiger partial charge in [-0.15, -0.1) is 0 Å². The first-order chi connectivity index (χ1) is 7.72. The number of carboxylic acid groups (broad SMARTS) is 1. The van der Waals surface area contributed by atoms with Crippen LogP contribution in [0.3, 0.4) is 0 Å². The van der Waals surface area contributed by atoms with E-state index in [0.29, 0.717) is 5.82 Å². The first-order valence-corrected chi connectivity index (χ1v) is 4.80. The number of H-pyrrole nitrogens is 2. The summed E-state index contributed by atoms with van der Waals surface area (Å²) in [6.07, 6.45) is 5.22. The topological polar surface area (TPSA) is 93.8 Å². The summed E-state index contributed by atoms with van der Waals surface area (Å²) in [6.45, 7) is 0. The highest BCUT2D eigenvalue weighted by atomic mass is 16.4. The molecule has 1 unspecified atom stereocenters. The summed E-state index contributed by atoms with van der Waals surface area (Å²) in [5, 5.41) is 11.6. The molecule has 0 bridgehead atoms. The predicted octanol–water partition coefficient (Wildman–Crippen LogP) is 0.750. The standard InChI is InChI=1S/C10H12N4O2/c1-11-8(10(15)16)9-13-5-7(14-9)6-2-3-12-4-6/h2-5,8,11-12H,1H3,(H,13,14)(H,15,16). The highest BCUT2D eigenvalue weighted by molar-refractivity contribution is 5.74. The van der Waals surface area contributed by atoms with Gasteiger partial charge in [0.1, 0.15) is 5.82 Å². The Balaban J connectivity index is 2.29. The van der Waals surface area contributed by atoms with E-state index in [1.54, 1.807) is 19.4 Å². The van der Waals surface area contributed by atoms with Crippen LogP contribution in [-0.2, 0) is 4.79 Å². The molecule has 0 aliphatic carbocycles. The molecule has 4 N–H and O–H groups in total. The fourth-order valence-electron chi connectivity index (χ4n) is 1.50. The molecule has 1 atom stereocenters. The lowest BCUT2D eigenvalue weighted by atomic mass is 10.2. The Morgan fingerprint density at radius 1 is 1.62 bits per heavy atom. The van der Waals surface area contributed by atoms with Crippen molar-refractivity contribution >= 4 is 5.97 Å². The summed E-state index contributed by atoms with van der Waals surface area (Å²) < 4.78 is 0. The molecule has 2 heterocycles. The van der Waals surface area contributed by atoms with E-state index in [1.165, 1.54) is 0 Å². The van der Waals surface area contributed by atoms with Crippen LogP contribution in [0.4, 0.5) is 0 Å². The molecule has 6 nitrogen and oxygen atoms in total. The number of hydrogen-bond acceptors (Lipinski definition) is 3. The second kappa shape index (κ2) is 4.19. The van der Waals surface area contributed by atoms with Gasteiger partial charge in [-0.2, -0.15) is 0 Å². The van der Waals surface area contributed by atoms with Crippen LogP contribution >= 0.6 is 0 Å². The van der Waals surface area contributed by atoms with E-state index in [1.807, 2.05) is 12.3 Å². The zero-order valence-corrected chi connectivity index (χ0v) is 8.69. The van der Waals surface area contributed by atoms with Crippen LogP contribution in [0.5, 0.6) is 0 Å². The number of hydrogen-bond donors (Lipinski definition) is 4. The fraction of sp³-hybridized carbons (Fsp3) is 0.200. The van der Waals surface area contributed by atoms with Crippen molar-refractivity contribution in [2.75, 3.05) is 7.05 Å². The minimum Gasteiger partial charge on any atom is -0.480 e. The van der Waals surface area contributed by atoms with E-state index in [4.69, 9.17) is 5.11 Å². The van der Waals surface area contributed by atoms with Crippen LogP contribution in [0.2, 0.25) is 0 Å². The third-order valence-electron chi connectivity index (χ3n) is 2.31. The number of carboxylic acids is 1. The van der Waals surface area contributed by atoms with Crippen LogP contribution in [0, 0.1) is 0 Å². The third kappa shape index (κ3) is 1.82. The summed E-state index contributed by atoms with van der Waals surface area (Å²) in [5.74, 6) is -0.566. The van der Waals surface area contributed by atoms with Gasteiger partial charge < -0.3 is 20.4 Å². The van der Waals surface area contributed by atoms with Gasteiger partial charge in [0.2, 0.25) is 0 Å². The maximum atomic E-state index is 10.9. The lowest BCUT2D eigenvalue weighted by Crippen LogP contribution is -2.26. The van der Waals surface area contributed by atoms with E-state index in [-0.39, 0.29) is 0 Å². The zero-order chi connectivity index (χ0) is 11.5. The zero-order valence-electron chi connectivity index (χ0n) is 8.69. The number of nitrogens with zero attached hydrogens (tertiary/aromatic N) is 1. The van der Waals surface area contributed by atoms with Crippen LogP contribution < -0.4 is 5.32 Å². The summed E-state index contributed by atoms with van der Waals surface area (Å²) in [4.78, 5) is 20.8. The van der Waals surface area contributed by atoms with Gasteiger partial charge in [-0.1, -0.05) is 0 Å². The van der Waals surface area contributed by atoms with Gasteiger partial charge in [0.05, 0.1) is 11.9 Å². The highest BCUT2D eigenvalue weighted by Gasteiger charge is 2.20. The number of imidazole rings is 1. The molecule has 16 heavy (non-hydrogen) atoms. The highest BCUT2D eigenvalue weighted by Crippen LogP contribution is 2.18. The smallest absolute Gasteiger partial charge is 0.328 e. The van der Waals surface area contributed by atoms with Crippen molar-refractivity contribution in [3.63, 3.8) is 0 Å². The first kappa shape index (κ1) is 10.4.